The normalized spacial score (nSPS) is 10.9. The van der Waals surface area contributed by atoms with Crippen molar-refractivity contribution >= 4 is 11.7 Å². The number of nitrogens with zero attached hydrogens (tertiary/aromatic N) is 3. The van der Waals surface area contributed by atoms with Crippen LogP contribution in [0.15, 0.2) is 54.7 Å². The van der Waals surface area contributed by atoms with Gasteiger partial charge in [-0.2, -0.15) is 5.10 Å². The molecule has 1 aromatic heterocycles. The van der Waals surface area contributed by atoms with Gasteiger partial charge in [-0.1, -0.05) is 38.1 Å². The van der Waals surface area contributed by atoms with E-state index in [9.17, 15) is 20.0 Å². The summed E-state index contributed by atoms with van der Waals surface area (Å²) < 4.78 is 1.43. The quantitative estimate of drug-likeness (QED) is 0.547. The standard InChI is InChI=1S/C19H17N3O4/c1-12(2)13-7-9-14(10-8-13)21-11-16(19(23)24)18(20-21)15-5-3-4-6-17(15)22(25)26/h3-12H,1-2H3,(H,23,24). The molecule has 0 saturated carbocycles. The first-order valence-corrected chi connectivity index (χ1v) is 8.05. The number of hydrogen-bond acceptors (Lipinski definition) is 4. The van der Waals surface area contributed by atoms with Crippen LogP contribution in [-0.2, 0) is 0 Å². The first-order chi connectivity index (χ1) is 12.4. The van der Waals surface area contributed by atoms with E-state index in [0.717, 1.165) is 5.56 Å². The van der Waals surface area contributed by atoms with E-state index in [0.29, 0.717) is 11.6 Å². The Balaban J connectivity index is 2.14. The second-order valence-corrected chi connectivity index (χ2v) is 6.16. The Kier molecular flexibility index (Phi) is 4.53. The Bertz CT molecular complexity index is 975. The maximum absolute atomic E-state index is 11.6. The number of aromatic nitrogens is 2. The van der Waals surface area contributed by atoms with Crippen LogP contribution in [0.2, 0.25) is 0 Å². The summed E-state index contributed by atoms with van der Waals surface area (Å²) in [6.45, 7) is 4.16. The molecule has 1 heterocycles. The zero-order valence-electron chi connectivity index (χ0n) is 14.3. The molecule has 0 saturated heterocycles. The summed E-state index contributed by atoms with van der Waals surface area (Å²) >= 11 is 0. The topological polar surface area (TPSA) is 98.3 Å². The van der Waals surface area contributed by atoms with Gasteiger partial charge in [0.05, 0.1) is 16.2 Å². The van der Waals surface area contributed by atoms with Gasteiger partial charge in [0, 0.05) is 12.3 Å². The molecule has 2 aromatic carbocycles. The smallest absolute Gasteiger partial charge is 0.339 e. The fourth-order valence-electron chi connectivity index (χ4n) is 2.71. The monoisotopic (exact) mass is 351 g/mol. The van der Waals surface area contributed by atoms with Gasteiger partial charge in [0.1, 0.15) is 11.3 Å². The number of carboxylic acids is 1. The van der Waals surface area contributed by atoms with Gasteiger partial charge in [0.25, 0.3) is 5.69 Å². The summed E-state index contributed by atoms with van der Waals surface area (Å²) in [4.78, 5) is 22.4. The van der Waals surface area contributed by atoms with Crippen LogP contribution in [0.3, 0.4) is 0 Å². The van der Waals surface area contributed by atoms with Crippen molar-refractivity contribution < 1.29 is 14.8 Å². The second kappa shape index (κ2) is 6.79. The van der Waals surface area contributed by atoms with Gasteiger partial charge in [-0.25, -0.2) is 9.48 Å². The molecule has 0 amide bonds. The molecular weight excluding hydrogens is 334 g/mol. The predicted molar refractivity (Wildman–Crippen MR) is 96.7 cm³/mol. The van der Waals surface area contributed by atoms with E-state index < -0.39 is 10.9 Å². The SMILES string of the molecule is CC(C)c1ccc(-n2cc(C(=O)O)c(-c3ccccc3[N+](=O)[O-])n2)cc1. The van der Waals surface area contributed by atoms with Gasteiger partial charge in [0.2, 0.25) is 0 Å². The fourth-order valence-corrected chi connectivity index (χ4v) is 2.71. The predicted octanol–water partition coefficient (Wildman–Crippen LogP) is 4.27. The van der Waals surface area contributed by atoms with E-state index in [4.69, 9.17) is 0 Å². The van der Waals surface area contributed by atoms with Crippen LogP contribution in [0.25, 0.3) is 16.9 Å². The van der Waals surface area contributed by atoms with E-state index in [1.54, 1.807) is 6.07 Å². The number of hydrogen-bond donors (Lipinski definition) is 1. The van der Waals surface area contributed by atoms with E-state index in [1.807, 2.05) is 24.3 Å². The average Bonchev–Trinajstić information content (AvgIpc) is 3.07. The first kappa shape index (κ1) is 17.3. The third-order valence-corrected chi connectivity index (χ3v) is 4.12. The van der Waals surface area contributed by atoms with Gasteiger partial charge in [-0.3, -0.25) is 10.1 Å². The summed E-state index contributed by atoms with van der Waals surface area (Å²) in [5.74, 6) is -0.818. The molecule has 7 heteroatoms. The third kappa shape index (κ3) is 3.19. The van der Waals surface area contributed by atoms with Crippen LogP contribution in [0, 0.1) is 10.1 Å². The third-order valence-electron chi connectivity index (χ3n) is 4.12. The van der Waals surface area contributed by atoms with Crippen LogP contribution in [0.1, 0.15) is 35.7 Å². The molecule has 132 valence electrons. The highest BCUT2D eigenvalue weighted by Crippen LogP contribution is 2.31. The van der Waals surface area contributed by atoms with Crippen LogP contribution >= 0.6 is 0 Å². The molecule has 0 unspecified atom stereocenters. The summed E-state index contributed by atoms with van der Waals surface area (Å²) in [6, 6.07) is 13.6. The number of benzene rings is 2. The second-order valence-electron chi connectivity index (χ2n) is 6.16. The van der Waals surface area contributed by atoms with Gasteiger partial charge < -0.3 is 5.11 Å². The molecule has 0 aliphatic carbocycles. The molecular formula is C19H17N3O4. The van der Waals surface area contributed by atoms with Gasteiger partial charge >= 0.3 is 5.97 Å². The molecule has 1 N–H and O–H groups in total. The van der Waals surface area contributed by atoms with Gasteiger partial charge in [0.15, 0.2) is 0 Å². The lowest BCUT2D eigenvalue weighted by Crippen LogP contribution is -1.99. The van der Waals surface area contributed by atoms with Crippen molar-refractivity contribution in [3.63, 3.8) is 0 Å². The number of nitro benzene ring substituents is 1. The van der Waals surface area contributed by atoms with Crippen LogP contribution in [0.4, 0.5) is 5.69 Å². The highest BCUT2D eigenvalue weighted by molar-refractivity contribution is 5.96. The van der Waals surface area contributed by atoms with Crippen molar-refractivity contribution in [2.45, 2.75) is 19.8 Å². The average molecular weight is 351 g/mol. The lowest BCUT2D eigenvalue weighted by molar-refractivity contribution is -0.384. The van der Waals surface area contributed by atoms with E-state index in [2.05, 4.69) is 18.9 Å². The van der Waals surface area contributed by atoms with Crippen molar-refractivity contribution in [3.05, 3.63) is 76.0 Å². The lowest BCUT2D eigenvalue weighted by Gasteiger charge is -2.06. The number of rotatable bonds is 5. The number of carbonyl (C=O) groups is 1. The van der Waals surface area contributed by atoms with Gasteiger partial charge in [-0.15, -0.1) is 0 Å². The molecule has 7 nitrogen and oxygen atoms in total. The highest BCUT2D eigenvalue weighted by atomic mass is 16.6. The van der Waals surface area contributed by atoms with Crippen LogP contribution in [0.5, 0.6) is 0 Å². The van der Waals surface area contributed by atoms with Crippen molar-refractivity contribution in [2.75, 3.05) is 0 Å². The van der Waals surface area contributed by atoms with Crippen LogP contribution in [-0.4, -0.2) is 25.8 Å². The molecule has 0 aliphatic rings. The number of nitro groups is 1. The molecule has 0 radical (unpaired) electrons. The zero-order chi connectivity index (χ0) is 18.8. The van der Waals surface area contributed by atoms with E-state index in [-0.39, 0.29) is 22.5 Å². The molecule has 3 aromatic rings. The highest BCUT2D eigenvalue weighted by Gasteiger charge is 2.24. The largest absolute Gasteiger partial charge is 0.478 e. The Labute approximate surface area is 149 Å². The Morgan fingerprint density at radius 1 is 1.15 bits per heavy atom. The number of aromatic carboxylic acids is 1. The Morgan fingerprint density at radius 2 is 1.81 bits per heavy atom. The summed E-state index contributed by atoms with van der Waals surface area (Å²) in [7, 11) is 0. The molecule has 0 spiro atoms. The van der Waals surface area contributed by atoms with E-state index in [1.165, 1.54) is 29.1 Å². The molecule has 0 atom stereocenters. The Morgan fingerprint density at radius 3 is 2.38 bits per heavy atom. The first-order valence-electron chi connectivity index (χ1n) is 8.05. The summed E-state index contributed by atoms with van der Waals surface area (Å²) in [6.07, 6.45) is 1.37. The maximum Gasteiger partial charge on any atom is 0.339 e. The Hall–Kier alpha value is -3.48. The van der Waals surface area contributed by atoms with Crippen molar-refractivity contribution in [3.8, 4) is 16.9 Å². The molecule has 3 rings (SSSR count). The van der Waals surface area contributed by atoms with E-state index >= 15 is 0 Å². The molecule has 0 aliphatic heterocycles. The van der Waals surface area contributed by atoms with Crippen molar-refractivity contribution in [1.82, 2.24) is 9.78 Å². The minimum Gasteiger partial charge on any atom is -0.478 e. The molecule has 0 fully saturated rings. The fraction of sp³-hybridized carbons (Fsp3) is 0.158. The molecule has 26 heavy (non-hydrogen) atoms. The van der Waals surface area contributed by atoms with Crippen molar-refractivity contribution in [1.29, 1.82) is 0 Å². The number of carboxylic acid groups (broad SMARTS) is 1. The minimum absolute atomic E-state index is 0.0673. The number of para-hydroxylation sites is 1. The summed E-state index contributed by atoms with van der Waals surface area (Å²) in [5, 5.41) is 25.1. The van der Waals surface area contributed by atoms with Crippen molar-refractivity contribution in [2.24, 2.45) is 0 Å². The molecule has 0 bridgehead atoms. The van der Waals surface area contributed by atoms with Gasteiger partial charge in [-0.05, 0) is 29.7 Å². The zero-order valence-corrected chi connectivity index (χ0v) is 14.3. The summed E-state index contributed by atoms with van der Waals surface area (Å²) in [5.41, 5.74) is 1.80. The van der Waals surface area contributed by atoms with Crippen LogP contribution < -0.4 is 0 Å². The minimum atomic E-state index is -1.19. The maximum atomic E-state index is 11.6. The lowest BCUT2D eigenvalue weighted by atomic mass is 10.0.